The first-order chi connectivity index (χ1) is 19.4. The number of alkyl halides is 3. The Balaban J connectivity index is 1.64. The molecule has 9 nitrogen and oxygen atoms in total. The smallest absolute Gasteiger partial charge is 0.383 e. The van der Waals surface area contributed by atoms with E-state index < -0.39 is 26.9 Å². The number of carbonyl (C=O) groups excluding carboxylic acids is 1. The van der Waals surface area contributed by atoms with Gasteiger partial charge in [-0.05, 0) is 41.3 Å². The Kier molecular flexibility index (Phi) is 7.30. The first kappa shape index (κ1) is 28.2. The van der Waals surface area contributed by atoms with Crippen LogP contribution in [0.15, 0.2) is 65.8 Å². The first-order valence-electron chi connectivity index (χ1n) is 12.4. The van der Waals surface area contributed by atoms with Crippen LogP contribution in [0.3, 0.4) is 0 Å². The van der Waals surface area contributed by atoms with Crippen molar-refractivity contribution in [3.05, 3.63) is 72.8 Å². The quantitative estimate of drug-likeness (QED) is 0.231. The largest absolute Gasteiger partial charge is 0.493 e. The molecule has 3 N–H and O–H groups in total. The van der Waals surface area contributed by atoms with Crippen molar-refractivity contribution in [1.29, 1.82) is 0 Å². The second kappa shape index (κ2) is 10.6. The number of nitrogens with zero attached hydrogens (tertiary/aromatic N) is 5. The Morgan fingerprint density at radius 1 is 1.17 bits per heavy atom. The Morgan fingerprint density at radius 3 is 2.44 bits per heavy atom. The van der Waals surface area contributed by atoms with E-state index in [1.54, 1.807) is 23.7 Å². The number of anilines is 1. The maximum Gasteiger partial charge on any atom is 0.493 e. The van der Waals surface area contributed by atoms with Crippen LogP contribution in [-0.2, 0) is 28.3 Å². The minimum atomic E-state index is -5.16. The molecule has 4 aromatic rings. The average molecular weight is 588 g/mol. The molecule has 1 aliphatic heterocycles. The zero-order valence-electron chi connectivity index (χ0n) is 21.8. The van der Waals surface area contributed by atoms with E-state index in [-0.39, 0.29) is 36.9 Å². The van der Waals surface area contributed by atoms with Crippen molar-refractivity contribution < 1.29 is 26.6 Å². The third-order valence-electron chi connectivity index (χ3n) is 6.80. The molecule has 1 saturated heterocycles. The van der Waals surface area contributed by atoms with Crippen LogP contribution in [0, 0.1) is 5.82 Å². The fraction of sp³-hybridized carbons (Fsp3) is 0.222. The van der Waals surface area contributed by atoms with Crippen LogP contribution in [0.4, 0.5) is 29.1 Å². The summed E-state index contributed by atoms with van der Waals surface area (Å²) in [6.07, 6.45) is 2.91. The number of hydrogen-bond donors (Lipinski definition) is 2. The number of nitrogen functional groups attached to an aromatic ring is 1. The normalized spacial score (nSPS) is 15.2. The van der Waals surface area contributed by atoms with Gasteiger partial charge in [-0.15, -0.1) is 0 Å². The molecule has 3 heterocycles. The van der Waals surface area contributed by atoms with E-state index in [2.05, 4.69) is 26.2 Å². The van der Waals surface area contributed by atoms with Crippen molar-refractivity contribution in [1.82, 2.24) is 24.2 Å². The molecular formula is C27H25F4N7O2S. The van der Waals surface area contributed by atoms with Crippen LogP contribution in [0.2, 0.25) is 0 Å². The van der Waals surface area contributed by atoms with Crippen LogP contribution in [0.5, 0.6) is 0 Å². The molecular weight excluding hydrogens is 562 g/mol. The summed E-state index contributed by atoms with van der Waals surface area (Å²) in [5.41, 5.74) is 3.70. The van der Waals surface area contributed by atoms with Gasteiger partial charge < -0.3 is 15.6 Å². The molecule has 0 saturated carbocycles. The number of nitrogens with one attached hydrogen (secondary N) is 1. The Bertz CT molecular complexity index is 1790. The third-order valence-corrected chi connectivity index (χ3v) is 8.91. The van der Waals surface area contributed by atoms with Gasteiger partial charge in [0.25, 0.3) is 0 Å². The summed E-state index contributed by atoms with van der Waals surface area (Å²) in [6.45, 7) is 3.62. The van der Waals surface area contributed by atoms with Gasteiger partial charge in [0, 0.05) is 32.2 Å². The van der Waals surface area contributed by atoms with Crippen molar-refractivity contribution in [3.8, 4) is 22.4 Å². The second-order valence-electron chi connectivity index (χ2n) is 9.34. The summed E-state index contributed by atoms with van der Waals surface area (Å²) in [5, 5.41) is 3.12. The van der Waals surface area contributed by atoms with Gasteiger partial charge in [-0.3, -0.25) is 4.79 Å². The van der Waals surface area contributed by atoms with E-state index >= 15 is 4.39 Å². The summed E-state index contributed by atoms with van der Waals surface area (Å²) in [4.78, 5) is 19.9. The number of aryl methyl sites for hydroxylation is 1. The van der Waals surface area contributed by atoms with Gasteiger partial charge in [0.1, 0.15) is 29.3 Å². The number of hydrogen-bond acceptors (Lipinski definition) is 6. The number of aromatic nitrogens is 3. The molecule has 0 radical (unpaired) electrons. The van der Waals surface area contributed by atoms with Gasteiger partial charge in [-0.25, -0.2) is 22.9 Å². The number of amides is 1. The summed E-state index contributed by atoms with van der Waals surface area (Å²) in [7, 11) is -3.11. The van der Waals surface area contributed by atoms with E-state index in [4.69, 9.17) is 5.73 Å². The molecule has 1 aliphatic rings. The predicted molar refractivity (Wildman–Crippen MR) is 148 cm³/mol. The van der Waals surface area contributed by atoms with E-state index in [1.807, 2.05) is 12.1 Å². The van der Waals surface area contributed by atoms with Crippen molar-refractivity contribution >= 4 is 38.4 Å². The Morgan fingerprint density at radius 2 is 1.85 bits per heavy atom. The van der Waals surface area contributed by atoms with E-state index in [0.29, 0.717) is 38.6 Å². The highest BCUT2D eigenvalue weighted by Gasteiger charge is 2.49. The molecule has 214 valence electrons. The summed E-state index contributed by atoms with van der Waals surface area (Å²) in [6, 6.07) is 10.7. The molecule has 1 unspecified atom stereocenters. The lowest BCUT2D eigenvalue weighted by molar-refractivity contribution is -0.116. The van der Waals surface area contributed by atoms with E-state index in [9.17, 15) is 22.2 Å². The average Bonchev–Trinajstić information content (AvgIpc) is 3.20. The Labute approximate surface area is 233 Å². The number of carbonyl (C=O) groups is 1. The fourth-order valence-electron chi connectivity index (χ4n) is 4.60. The van der Waals surface area contributed by atoms with Crippen LogP contribution < -0.4 is 11.1 Å². The topological polar surface area (TPSA) is 118 Å². The maximum absolute atomic E-state index is 15.4. The lowest BCUT2D eigenvalue weighted by Crippen LogP contribution is -2.47. The number of benzene rings is 2. The Hall–Kier alpha value is -4.30. The highest BCUT2D eigenvalue weighted by atomic mass is 32.2. The van der Waals surface area contributed by atoms with Gasteiger partial charge in [-0.1, -0.05) is 36.9 Å². The van der Waals surface area contributed by atoms with Crippen molar-refractivity contribution in [3.63, 3.8) is 0 Å². The lowest BCUT2D eigenvalue weighted by Gasteiger charge is -2.33. The highest BCUT2D eigenvalue weighted by Crippen LogP contribution is 2.43. The van der Waals surface area contributed by atoms with Crippen LogP contribution in [0.25, 0.3) is 33.4 Å². The van der Waals surface area contributed by atoms with Crippen molar-refractivity contribution in [2.45, 2.75) is 18.5 Å². The lowest BCUT2D eigenvalue weighted by atomic mass is 9.98. The number of halogens is 4. The first-order valence-corrected chi connectivity index (χ1v) is 13.9. The molecule has 41 heavy (non-hydrogen) atoms. The molecule has 0 spiro atoms. The zero-order valence-corrected chi connectivity index (χ0v) is 22.6. The molecule has 1 atom stereocenters. The maximum atomic E-state index is 15.4. The second-order valence-corrected chi connectivity index (χ2v) is 11.5. The van der Waals surface area contributed by atoms with Crippen LogP contribution in [0.1, 0.15) is 12.0 Å². The molecule has 1 amide bonds. The monoisotopic (exact) mass is 587 g/mol. The molecule has 2 aromatic heterocycles. The standard InChI is InChI=1S/C27H25F4N7O2S/c1-3-21(39)33-14-16-5-7-17(8-6-16)24-22(23-25(32)34-15-35-26(23)37(24)2)18-9-10-20(19(28)13-18)36-41(40,27(29,30)31)38-11-4-12-38/h3,5-10,13,15H,1,4,11-12,14H2,2H3,(H,33,39)(H2,32,34,35). The number of fused-ring (bicyclic) bond motifs is 1. The predicted octanol–water partition coefficient (Wildman–Crippen LogP) is 5.07. The van der Waals surface area contributed by atoms with E-state index in [1.165, 1.54) is 18.5 Å². The molecule has 2 aromatic carbocycles. The van der Waals surface area contributed by atoms with Crippen LogP contribution in [-0.4, -0.2) is 47.6 Å². The zero-order chi connectivity index (χ0) is 29.5. The third kappa shape index (κ3) is 5.04. The number of rotatable bonds is 7. The minimum absolute atomic E-state index is 0.0421. The highest BCUT2D eigenvalue weighted by molar-refractivity contribution is 7.92. The SMILES string of the molecule is C=CC(=O)NCc1ccc(-c2c(-c3ccc(N=S(=O)(N4CCC4)C(F)(F)F)c(F)c3)c3c(N)ncnc3n2C)cc1. The van der Waals surface area contributed by atoms with Crippen molar-refractivity contribution in [2.75, 3.05) is 18.8 Å². The van der Waals surface area contributed by atoms with Gasteiger partial charge in [0.2, 0.25) is 15.8 Å². The summed E-state index contributed by atoms with van der Waals surface area (Å²) in [5.74, 6) is -1.26. The van der Waals surface area contributed by atoms with Gasteiger partial charge in [0.15, 0.2) is 0 Å². The van der Waals surface area contributed by atoms with Gasteiger partial charge >= 0.3 is 5.51 Å². The minimum Gasteiger partial charge on any atom is -0.383 e. The molecule has 1 fully saturated rings. The van der Waals surface area contributed by atoms with E-state index in [0.717, 1.165) is 17.7 Å². The van der Waals surface area contributed by atoms with Gasteiger partial charge in [-0.2, -0.15) is 17.5 Å². The summed E-state index contributed by atoms with van der Waals surface area (Å²) < 4.78 is 75.4. The fourth-order valence-corrected chi connectivity index (χ4v) is 6.28. The molecule has 0 aliphatic carbocycles. The molecule has 14 heteroatoms. The van der Waals surface area contributed by atoms with Gasteiger partial charge in [0.05, 0.1) is 11.1 Å². The molecule has 0 bridgehead atoms. The number of nitrogens with two attached hydrogens (primary N) is 1. The molecule has 5 rings (SSSR count). The van der Waals surface area contributed by atoms with Crippen LogP contribution >= 0.6 is 0 Å². The summed E-state index contributed by atoms with van der Waals surface area (Å²) >= 11 is 0. The van der Waals surface area contributed by atoms with Crippen molar-refractivity contribution in [2.24, 2.45) is 11.4 Å².